The van der Waals surface area contributed by atoms with Gasteiger partial charge in [0.2, 0.25) is 5.91 Å². The van der Waals surface area contributed by atoms with E-state index in [4.69, 9.17) is 9.47 Å². The van der Waals surface area contributed by atoms with Crippen LogP contribution in [-0.4, -0.2) is 47.8 Å². The lowest BCUT2D eigenvalue weighted by Gasteiger charge is -2.23. The maximum atomic E-state index is 12.8. The molecule has 1 unspecified atom stereocenters. The number of rotatable bonds is 18. The molecular weight excluding hydrogens is 540 g/mol. The van der Waals surface area contributed by atoms with Crippen LogP contribution in [-0.2, 0) is 35.1 Å². The molecule has 1 amide bonds. The van der Waals surface area contributed by atoms with E-state index in [0.29, 0.717) is 25.7 Å². The standard InChI is InChI=1S/C32H44N2O8/c1-24(31(37)40-20-10-5-6-11-21-41-34(38)39)22-28(33-29(35)18-19-30(36)42-32(2,3)4)23-25-14-16-27(17-15-25)26-12-8-7-9-13-26/h7-9,12-17,24,28H,5-6,10-11,18-23H2,1-4H3,(H,33,35)/t24?,28-/m0/s1. The Balaban J connectivity index is 1.93. The summed E-state index contributed by atoms with van der Waals surface area (Å²) in [6.45, 7) is 7.42. The first-order valence-corrected chi connectivity index (χ1v) is 14.5. The Labute approximate surface area is 248 Å². The van der Waals surface area contributed by atoms with Crippen molar-refractivity contribution in [2.45, 2.75) is 90.7 Å². The summed E-state index contributed by atoms with van der Waals surface area (Å²) < 4.78 is 10.7. The summed E-state index contributed by atoms with van der Waals surface area (Å²) in [5, 5.41) is 12.4. The highest BCUT2D eigenvalue weighted by atomic mass is 16.9. The van der Waals surface area contributed by atoms with Gasteiger partial charge in [-0.25, -0.2) is 0 Å². The average Bonchev–Trinajstić information content (AvgIpc) is 2.93. The monoisotopic (exact) mass is 584 g/mol. The predicted octanol–water partition coefficient (Wildman–Crippen LogP) is 5.84. The number of hydrogen-bond acceptors (Lipinski definition) is 8. The van der Waals surface area contributed by atoms with Crippen molar-refractivity contribution in [3.8, 4) is 11.1 Å². The molecule has 0 heterocycles. The quantitative estimate of drug-likeness (QED) is 0.0999. The second-order valence-electron chi connectivity index (χ2n) is 11.4. The third kappa shape index (κ3) is 14.6. The number of hydrogen-bond donors (Lipinski definition) is 1. The smallest absolute Gasteiger partial charge is 0.308 e. The maximum absolute atomic E-state index is 12.8. The molecule has 0 saturated heterocycles. The van der Waals surface area contributed by atoms with Crippen LogP contribution in [0.15, 0.2) is 54.6 Å². The highest BCUT2D eigenvalue weighted by Gasteiger charge is 2.23. The van der Waals surface area contributed by atoms with Gasteiger partial charge in [0.1, 0.15) is 5.60 Å². The molecule has 0 spiro atoms. The summed E-state index contributed by atoms with van der Waals surface area (Å²) in [5.74, 6) is -1.53. The number of nitrogens with zero attached hydrogens (tertiary/aromatic N) is 1. The van der Waals surface area contributed by atoms with Crippen LogP contribution in [0.1, 0.15) is 78.2 Å². The number of carbonyl (C=O) groups is 3. The van der Waals surface area contributed by atoms with Gasteiger partial charge < -0.3 is 19.6 Å². The van der Waals surface area contributed by atoms with Crippen LogP contribution in [0, 0.1) is 16.0 Å². The van der Waals surface area contributed by atoms with Crippen molar-refractivity contribution in [1.82, 2.24) is 5.32 Å². The van der Waals surface area contributed by atoms with E-state index in [1.165, 1.54) is 0 Å². The lowest BCUT2D eigenvalue weighted by Crippen LogP contribution is -2.39. The van der Waals surface area contributed by atoms with Crippen molar-refractivity contribution in [1.29, 1.82) is 0 Å². The second-order valence-corrected chi connectivity index (χ2v) is 11.4. The lowest BCUT2D eigenvalue weighted by atomic mass is 9.94. The second kappa shape index (κ2) is 17.8. The highest BCUT2D eigenvalue weighted by Crippen LogP contribution is 2.21. The van der Waals surface area contributed by atoms with Gasteiger partial charge in [0.25, 0.3) is 5.09 Å². The van der Waals surface area contributed by atoms with E-state index in [2.05, 4.69) is 10.2 Å². The molecule has 2 atom stereocenters. The molecule has 0 aliphatic carbocycles. The minimum atomic E-state index is -0.806. The average molecular weight is 585 g/mol. The molecule has 2 aromatic carbocycles. The summed E-state index contributed by atoms with van der Waals surface area (Å²) in [7, 11) is 0. The van der Waals surface area contributed by atoms with Gasteiger partial charge in [-0.2, -0.15) is 0 Å². The first-order chi connectivity index (χ1) is 19.9. The highest BCUT2D eigenvalue weighted by molar-refractivity contribution is 5.81. The van der Waals surface area contributed by atoms with E-state index in [0.717, 1.165) is 29.5 Å². The van der Waals surface area contributed by atoms with Crippen LogP contribution >= 0.6 is 0 Å². The Kier molecular flexibility index (Phi) is 14.5. The maximum Gasteiger partial charge on any atom is 0.308 e. The lowest BCUT2D eigenvalue weighted by molar-refractivity contribution is -0.757. The molecule has 0 fully saturated rings. The van der Waals surface area contributed by atoms with E-state index in [1.54, 1.807) is 27.7 Å². The van der Waals surface area contributed by atoms with Crippen LogP contribution in [0.25, 0.3) is 11.1 Å². The van der Waals surface area contributed by atoms with E-state index in [-0.39, 0.29) is 44.0 Å². The van der Waals surface area contributed by atoms with Crippen LogP contribution in [0.2, 0.25) is 0 Å². The van der Waals surface area contributed by atoms with Crippen molar-refractivity contribution in [3.63, 3.8) is 0 Å². The number of amides is 1. The van der Waals surface area contributed by atoms with Gasteiger partial charge in [-0.05, 0) is 69.6 Å². The molecule has 2 rings (SSSR count). The predicted molar refractivity (Wildman–Crippen MR) is 159 cm³/mol. The summed E-state index contributed by atoms with van der Waals surface area (Å²) in [4.78, 5) is 52.0. The fourth-order valence-electron chi connectivity index (χ4n) is 4.38. The van der Waals surface area contributed by atoms with Crippen LogP contribution in [0.3, 0.4) is 0 Å². The first kappa shape index (κ1) is 34.3. The number of esters is 2. The van der Waals surface area contributed by atoms with Crippen molar-refractivity contribution in [2.75, 3.05) is 13.2 Å². The number of carbonyl (C=O) groups excluding carboxylic acids is 3. The summed E-state index contributed by atoms with van der Waals surface area (Å²) in [5.41, 5.74) is 2.58. The topological polar surface area (TPSA) is 134 Å². The van der Waals surface area contributed by atoms with E-state index >= 15 is 0 Å². The number of benzene rings is 2. The Bertz CT molecular complexity index is 1130. The molecule has 0 aliphatic heterocycles. The number of ether oxygens (including phenoxy) is 2. The molecule has 0 radical (unpaired) electrons. The molecule has 42 heavy (non-hydrogen) atoms. The molecular formula is C32H44N2O8. The molecule has 0 aliphatic rings. The van der Waals surface area contributed by atoms with Gasteiger partial charge in [-0.1, -0.05) is 67.9 Å². The van der Waals surface area contributed by atoms with Crippen LogP contribution in [0.5, 0.6) is 0 Å². The Morgan fingerprint density at radius 3 is 2.12 bits per heavy atom. The Morgan fingerprint density at radius 1 is 0.881 bits per heavy atom. The molecule has 10 nitrogen and oxygen atoms in total. The third-order valence-corrected chi connectivity index (χ3v) is 6.40. The van der Waals surface area contributed by atoms with Gasteiger partial charge in [-0.15, -0.1) is 10.1 Å². The SMILES string of the molecule is CC(C[C@@H](Cc1ccc(-c2ccccc2)cc1)NC(=O)CCC(=O)OC(C)(C)C)C(=O)OCCCCCCO[N+](=O)[O-]. The number of unbranched alkanes of at least 4 members (excludes halogenated alkanes) is 3. The minimum Gasteiger partial charge on any atom is -0.465 e. The molecule has 0 bridgehead atoms. The van der Waals surface area contributed by atoms with Crippen molar-refractivity contribution < 1.29 is 33.8 Å². The van der Waals surface area contributed by atoms with Gasteiger partial charge in [0.05, 0.1) is 25.6 Å². The summed E-state index contributed by atoms with van der Waals surface area (Å²) in [6.07, 6.45) is 3.55. The molecule has 230 valence electrons. The molecule has 0 saturated carbocycles. The fraction of sp³-hybridized carbons (Fsp3) is 0.531. The Hall–Kier alpha value is -3.95. The minimum absolute atomic E-state index is 0.0100. The van der Waals surface area contributed by atoms with Crippen LogP contribution in [0.4, 0.5) is 0 Å². The van der Waals surface area contributed by atoms with Gasteiger partial charge >= 0.3 is 11.9 Å². The Morgan fingerprint density at radius 2 is 1.50 bits per heavy atom. The summed E-state index contributed by atoms with van der Waals surface area (Å²) >= 11 is 0. The van der Waals surface area contributed by atoms with Crippen molar-refractivity contribution >= 4 is 17.8 Å². The number of nitrogens with one attached hydrogen (secondary N) is 1. The largest absolute Gasteiger partial charge is 0.465 e. The van der Waals surface area contributed by atoms with E-state index < -0.39 is 22.6 Å². The fourth-order valence-corrected chi connectivity index (χ4v) is 4.38. The van der Waals surface area contributed by atoms with Crippen molar-refractivity contribution in [2.24, 2.45) is 5.92 Å². The molecule has 10 heteroatoms. The molecule has 2 aromatic rings. The van der Waals surface area contributed by atoms with Crippen molar-refractivity contribution in [3.05, 3.63) is 70.3 Å². The third-order valence-electron chi connectivity index (χ3n) is 6.40. The van der Waals surface area contributed by atoms with Gasteiger partial charge in [-0.3, -0.25) is 14.4 Å². The molecule has 1 N–H and O–H groups in total. The van der Waals surface area contributed by atoms with E-state index in [9.17, 15) is 24.5 Å². The van der Waals surface area contributed by atoms with Gasteiger partial charge in [0.15, 0.2) is 0 Å². The van der Waals surface area contributed by atoms with Gasteiger partial charge in [0, 0.05) is 12.5 Å². The zero-order chi connectivity index (χ0) is 31.0. The van der Waals surface area contributed by atoms with E-state index in [1.807, 2.05) is 54.6 Å². The summed E-state index contributed by atoms with van der Waals surface area (Å²) in [6, 6.07) is 17.8. The van der Waals surface area contributed by atoms with Crippen LogP contribution < -0.4 is 5.32 Å². The zero-order valence-corrected chi connectivity index (χ0v) is 25.1. The molecule has 0 aromatic heterocycles. The normalized spacial score (nSPS) is 12.6. The zero-order valence-electron chi connectivity index (χ0n) is 25.1. The first-order valence-electron chi connectivity index (χ1n) is 14.5.